The lowest BCUT2D eigenvalue weighted by atomic mass is 10.1. The van der Waals surface area contributed by atoms with Gasteiger partial charge in [0.2, 0.25) is 5.95 Å². The van der Waals surface area contributed by atoms with Crippen LogP contribution in [0.15, 0.2) is 6.07 Å². The van der Waals surface area contributed by atoms with Gasteiger partial charge in [-0.15, -0.1) is 11.6 Å². The molecule has 0 aliphatic rings. The maximum atomic E-state index is 12.8. The van der Waals surface area contributed by atoms with Gasteiger partial charge >= 0.3 is 6.18 Å². The van der Waals surface area contributed by atoms with Gasteiger partial charge in [-0.1, -0.05) is 0 Å². The molecule has 0 saturated heterocycles. The largest absolute Gasteiger partial charge is 0.420 e. The predicted molar refractivity (Wildman–Crippen MR) is 43.7 cm³/mol. The van der Waals surface area contributed by atoms with Crippen molar-refractivity contribution in [2.75, 3.05) is 0 Å². The summed E-state index contributed by atoms with van der Waals surface area (Å²) in [6.07, 6.45) is -8.16. The van der Waals surface area contributed by atoms with Gasteiger partial charge in [0.15, 0.2) is 0 Å². The first-order valence-electron chi connectivity index (χ1n) is 3.88. The van der Waals surface area contributed by atoms with Crippen LogP contribution in [-0.4, -0.2) is 4.98 Å². The molecule has 1 aromatic heterocycles. The summed E-state index contributed by atoms with van der Waals surface area (Å²) in [5, 5.41) is 0. The van der Waals surface area contributed by atoms with E-state index in [-0.39, 0.29) is 6.07 Å². The van der Waals surface area contributed by atoms with E-state index in [0.29, 0.717) is 0 Å². The summed E-state index contributed by atoms with van der Waals surface area (Å²) in [6.45, 7) is 0. The van der Waals surface area contributed by atoms with Gasteiger partial charge in [0.1, 0.15) is 11.3 Å². The molecule has 0 atom stereocenters. The van der Waals surface area contributed by atoms with Gasteiger partial charge in [0, 0.05) is 5.88 Å². The second-order valence-corrected chi connectivity index (χ2v) is 3.07. The van der Waals surface area contributed by atoms with Crippen LogP contribution < -0.4 is 0 Å². The van der Waals surface area contributed by atoms with Crippen LogP contribution in [0.4, 0.5) is 26.3 Å². The molecule has 0 N–H and O–H groups in total. The summed E-state index contributed by atoms with van der Waals surface area (Å²) >= 11 is 5.19. The molecule has 0 aliphatic carbocycles. The van der Waals surface area contributed by atoms with E-state index in [1.165, 1.54) is 0 Å². The number of alkyl halides is 6. The van der Waals surface area contributed by atoms with Crippen molar-refractivity contribution in [1.82, 2.24) is 4.98 Å². The van der Waals surface area contributed by atoms with Crippen LogP contribution in [0.3, 0.4) is 0 Å². The van der Waals surface area contributed by atoms with Gasteiger partial charge in [-0.05, 0) is 11.6 Å². The van der Waals surface area contributed by atoms with Crippen LogP contribution in [0.2, 0.25) is 0 Å². The Morgan fingerprint density at radius 3 is 2.25 bits per heavy atom. The Balaban J connectivity index is 3.37. The van der Waals surface area contributed by atoms with Gasteiger partial charge in [-0.3, -0.25) is 0 Å². The third-order valence-corrected chi connectivity index (χ3v) is 2.03. The van der Waals surface area contributed by atoms with Gasteiger partial charge < -0.3 is 0 Å². The molecule has 1 heterocycles. The molecule has 90 valence electrons. The quantitative estimate of drug-likeness (QED) is 0.448. The van der Waals surface area contributed by atoms with Crippen LogP contribution in [0.5, 0.6) is 0 Å². The molecule has 8 heteroatoms. The Bertz CT molecular complexity index is 389. The van der Waals surface area contributed by atoms with Crippen molar-refractivity contribution in [2.45, 2.75) is 18.5 Å². The predicted octanol–water partition coefficient (Wildman–Crippen LogP) is 3.92. The second kappa shape index (κ2) is 4.48. The normalized spacial score (nSPS) is 12.2. The number of halogens is 7. The highest BCUT2D eigenvalue weighted by Gasteiger charge is 2.36. The molecule has 0 radical (unpaired) electrons. The third-order valence-electron chi connectivity index (χ3n) is 1.74. The van der Waals surface area contributed by atoms with Crippen LogP contribution in [0.1, 0.15) is 23.2 Å². The van der Waals surface area contributed by atoms with Crippen LogP contribution >= 0.6 is 11.6 Å². The highest BCUT2D eigenvalue weighted by atomic mass is 35.5. The van der Waals surface area contributed by atoms with Crippen LogP contribution in [-0.2, 0) is 12.1 Å². The van der Waals surface area contributed by atoms with E-state index < -0.39 is 41.3 Å². The number of aromatic nitrogens is 1. The zero-order chi connectivity index (χ0) is 12.5. The highest BCUT2D eigenvalue weighted by Crippen LogP contribution is 2.34. The van der Waals surface area contributed by atoms with Crippen molar-refractivity contribution in [2.24, 2.45) is 0 Å². The van der Waals surface area contributed by atoms with Crippen LogP contribution in [0.25, 0.3) is 0 Å². The molecule has 0 amide bonds. The Morgan fingerprint density at radius 2 is 1.88 bits per heavy atom. The van der Waals surface area contributed by atoms with Gasteiger partial charge in [-0.25, -0.2) is 13.8 Å². The van der Waals surface area contributed by atoms with Gasteiger partial charge in [0.25, 0.3) is 6.43 Å². The smallest absolute Gasteiger partial charge is 0.218 e. The molecule has 0 fully saturated rings. The summed E-state index contributed by atoms with van der Waals surface area (Å²) in [5.41, 5.74) is -3.31. The molecular formula is C8H4ClF6N. The van der Waals surface area contributed by atoms with Crippen molar-refractivity contribution in [1.29, 1.82) is 0 Å². The van der Waals surface area contributed by atoms with Crippen molar-refractivity contribution in [3.05, 3.63) is 28.8 Å². The number of nitrogens with zero attached hydrogens (tertiary/aromatic N) is 1. The molecule has 0 saturated carbocycles. The van der Waals surface area contributed by atoms with E-state index in [1.54, 1.807) is 0 Å². The molecule has 1 rings (SSSR count). The topological polar surface area (TPSA) is 12.9 Å². The number of hydrogen-bond acceptors (Lipinski definition) is 1. The Kier molecular flexibility index (Phi) is 3.67. The van der Waals surface area contributed by atoms with Gasteiger partial charge in [-0.2, -0.15) is 17.6 Å². The minimum absolute atomic E-state index is 0.247. The first-order valence-corrected chi connectivity index (χ1v) is 4.41. The number of hydrogen-bond donors (Lipinski definition) is 0. The summed E-state index contributed by atoms with van der Waals surface area (Å²) in [7, 11) is 0. The van der Waals surface area contributed by atoms with E-state index in [2.05, 4.69) is 4.98 Å². The second-order valence-electron chi connectivity index (χ2n) is 2.80. The zero-order valence-corrected chi connectivity index (χ0v) is 8.21. The lowest BCUT2D eigenvalue weighted by molar-refractivity contribution is -0.140. The maximum Gasteiger partial charge on any atom is 0.420 e. The average molecular weight is 264 g/mol. The van der Waals surface area contributed by atoms with E-state index in [9.17, 15) is 26.3 Å². The van der Waals surface area contributed by atoms with Crippen molar-refractivity contribution >= 4 is 11.6 Å². The van der Waals surface area contributed by atoms with E-state index in [0.717, 1.165) is 0 Å². The Morgan fingerprint density at radius 1 is 1.31 bits per heavy atom. The molecule has 0 aromatic carbocycles. The molecule has 0 aliphatic heterocycles. The minimum Gasteiger partial charge on any atom is -0.218 e. The molecule has 1 aromatic rings. The van der Waals surface area contributed by atoms with Crippen molar-refractivity contribution < 1.29 is 26.3 Å². The average Bonchev–Trinajstić information content (AvgIpc) is 2.15. The van der Waals surface area contributed by atoms with Crippen molar-refractivity contribution in [3.63, 3.8) is 0 Å². The Labute approximate surface area is 91.0 Å². The first-order chi connectivity index (χ1) is 7.27. The summed E-state index contributed by atoms with van der Waals surface area (Å²) in [6, 6.07) is 0.247. The van der Waals surface area contributed by atoms with Crippen molar-refractivity contribution in [3.8, 4) is 0 Å². The summed E-state index contributed by atoms with van der Waals surface area (Å²) < 4.78 is 73.9. The molecule has 0 bridgehead atoms. The third kappa shape index (κ3) is 2.58. The highest BCUT2D eigenvalue weighted by molar-refractivity contribution is 6.17. The lowest BCUT2D eigenvalue weighted by Gasteiger charge is -2.11. The van der Waals surface area contributed by atoms with E-state index >= 15 is 0 Å². The van der Waals surface area contributed by atoms with Crippen LogP contribution in [0, 0.1) is 5.95 Å². The fourth-order valence-corrected chi connectivity index (χ4v) is 1.25. The number of rotatable bonds is 2. The molecular weight excluding hydrogens is 260 g/mol. The number of pyridine rings is 1. The SMILES string of the molecule is Fc1nc(C(F)F)c(CCl)cc1C(F)(F)F. The molecule has 16 heavy (non-hydrogen) atoms. The molecule has 0 spiro atoms. The Hall–Kier alpha value is -0.980. The first kappa shape index (κ1) is 13.1. The standard InChI is InChI=1S/C8H4ClF6N/c9-2-3-1-4(8(13,14)15)7(12)16-5(3)6(10)11/h1,6H,2H2. The van der Waals surface area contributed by atoms with Gasteiger partial charge in [0.05, 0.1) is 0 Å². The molecule has 0 unspecified atom stereocenters. The van der Waals surface area contributed by atoms with E-state index in [1.807, 2.05) is 0 Å². The summed E-state index contributed by atoms with van der Waals surface area (Å²) in [5.74, 6) is -2.58. The lowest BCUT2D eigenvalue weighted by Crippen LogP contribution is -2.12. The fourth-order valence-electron chi connectivity index (χ4n) is 1.04. The minimum atomic E-state index is -4.99. The van der Waals surface area contributed by atoms with E-state index in [4.69, 9.17) is 11.6 Å². The molecule has 1 nitrogen and oxygen atoms in total. The maximum absolute atomic E-state index is 12.8. The zero-order valence-electron chi connectivity index (χ0n) is 7.45. The fraction of sp³-hybridized carbons (Fsp3) is 0.375. The monoisotopic (exact) mass is 263 g/mol. The summed E-state index contributed by atoms with van der Waals surface area (Å²) in [4.78, 5) is 2.59.